The maximum absolute atomic E-state index is 12.0. The Morgan fingerprint density at radius 2 is 2.20 bits per heavy atom. The zero-order chi connectivity index (χ0) is 14.3. The lowest BCUT2D eigenvalue weighted by Gasteiger charge is -2.13. The van der Waals surface area contributed by atoms with Crippen molar-refractivity contribution in [3.8, 4) is 0 Å². The molecule has 110 valence electrons. The topological polar surface area (TPSA) is 92.5 Å². The van der Waals surface area contributed by atoms with E-state index in [0.717, 1.165) is 18.6 Å². The highest BCUT2D eigenvalue weighted by atomic mass is 32.2. The van der Waals surface area contributed by atoms with Crippen LogP contribution in [0.25, 0.3) is 0 Å². The fraction of sp³-hybridized carbons (Fsp3) is 0.667. The van der Waals surface area contributed by atoms with E-state index in [-0.39, 0.29) is 17.6 Å². The molecule has 1 aliphatic heterocycles. The maximum atomic E-state index is 12.0. The molecule has 2 aliphatic rings. The smallest absolute Gasteiger partial charge is 0.273 e. The minimum atomic E-state index is -3.19. The Labute approximate surface area is 117 Å². The van der Waals surface area contributed by atoms with Crippen molar-refractivity contribution in [2.75, 3.05) is 19.3 Å². The molecular weight excluding hydrogens is 282 g/mol. The molecule has 1 saturated heterocycles. The molecule has 1 N–H and O–H groups in total. The third kappa shape index (κ3) is 2.85. The molecule has 7 nitrogen and oxygen atoms in total. The monoisotopic (exact) mass is 299 g/mol. The average molecular weight is 299 g/mol. The van der Waals surface area contributed by atoms with Crippen LogP contribution in [0.4, 0.5) is 0 Å². The second-order valence-corrected chi connectivity index (χ2v) is 7.45. The van der Waals surface area contributed by atoms with Gasteiger partial charge < -0.3 is 9.84 Å². The number of amides is 1. The van der Waals surface area contributed by atoms with Gasteiger partial charge in [0.25, 0.3) is 5.91 Å². The van der Waals surface area contributed by atoms with Gasteiger partial charge in [-0.3, -0.25) is 4.79 Å². The fourth-order valence-electron chi connectivity index (χ4n) is 2.36. The Balaban J connectivity index is 1.59. The van der Waals surface area contributed by atoms with Crippen LogP contribution < -0.4 is 5.32 Å². The third-order valence-electron chi connectivity index (χ3n) is 3.70. The Hall–Kier alpha value is -1.41. The molecule has 8 heteroatoms. The summed E-state index contributed by atoms with van der Waals surface area (Å²) in [5.41, 5.74) is 0.268. The summed E-state index contributed by atoms with van der Waals surface area (Å²) in [5, 5.41) is 6.57. The normalized spacial score (nSPS) is 23.9. The van der Waals surface area contributed by atoms with Crippen molar-refractivity contribution < 1.29 is 17.7 Å². The fourth-order valence-corrected chi connectivity index (χ4v) is 3.25. The lowest BCUT2D eigenvalue weighted by atomic mass is 10.2. The Morgan fingerprint density at radius 3 is 2.80 bits per heavy atom. The highest BCUT2D eigenvalue weighted by Gasteiger charge is 2.31. The van der Waals surface area contributed by atoms with Gasteiger partial charge in [-0.15, -0.1) is 0 Å². The predicted molar refractivity (Wildman–Crippen MR) is 70.8 cm³/mol. The summed E-state index contributed by atoms with van der Waals surface area (Å²) < 4.78 is 29.3. The predicted octanol–water partition coefficient (Wildman–Crippen LogP) is 0.316. The largest absolute Gasteiger partial charge is 0.360 e. The molecule has 0 radical (unpaired) electrons. The number of carbonyl (C=O) groups is 1. The van der Waals surface area contributed by atoms with Gasteiger partial charge >= 0.3 is 0 Å². The first-order chi connectivity index (χ1) is 9.43. The Kier molecular flexibility index (Phi) is 3.29. The zero-order valence-corrected chi connectivity index (χ0v) is 12.0. The number of aromatic nitrogens is 1. The van der Waals surface area contributed by atoms with Gasteiger partial charge in [0, 0.05) is 31.1 Å². The standard InChI is InChI=1S/C12H17N3O4S/c1-20(17,18)15-5-4-9(7-15)13-12(16)10-6-11(19-14-10)8-2-3-8/h6,8-9H,2-5,7H2,1H3,(H,13,16). The molecule has 0 spiro atoms. The summed E-state index contributed by atoms with van der Waals surface area (Å²) in [6.07, 6.45) is 3.97. The van der Waals surface area contributed by atoms with E-state index in [1.54, 1.807) is 6.07 Å². The van der Waals surface area contributed by atoms with Gasteiger partial charge in [0.05, 0.1) is 6.26 Å². The summed E-state index contributed by atoms with van der Waals surface area (Å²) >= 11 is 0. The molecule has 1 aromatic heterocycles. The average Bonchev–Trinajstić information content (AvgIpc) is 2.91. The summed E-state index contributed by atoms with van der Waals surface area (Å²) in [6, 6.07) is 1.51. The summed E-state index contributed by atoms with van der Waals surface area (Å²) in [5.74, 6) is 0.872. The van der Waals surface area contributed by atoms with E-state index < -0.39 is 10.0 Å². The quantitative estimate of drug-likeness (QED) is 0.864. The number of nitrogens with one attached hydrogen (secondary N) is 1. The van der Waals surface area contributed by atoms with E-state index in [2.05, 4.69) is 10.5 Å². The number of rotatable bonds is 4. The summed E-state index contributed by atoms with van der Waals surface area (Å²) in [7, 11) is -3.19. The van der Waals surface area contributed by atoms with Crippen molar-refractivity contribution in [2.45, 2.75) is 31.2 Å². The number of sulfonamides is 1. The van der Waals surface area contributed by atoms with Crippen LogP contribution in [-0.4, -0.2) is 49.2 Å². The minimum Gasteiger partial charge on any atom is -0.360 e. The highest BCUT2D eigenvalue weighted by molar-refractivity contribution is 7.88. The van der Waals surface area contributed by atoms with Gasteiger partial charge in [0.1, 0.15) is 5.76 Å². The van der Waals surface area contributed by atoms with E-state index in [0.29, 0.717) is 25.4 Å². The van der Waals surface area contributed by atoms with Gasteiger partial charge in [0.2, 0.25) is 10.0 Å². The van der Waals surface area contributed by atoms with Crippen LogP contribution >= 0.6 is 0 Å². The van der Waals surface area contributed by atoms with Gasteiger partial charge in [-0.2, -0.15) is 0 Å². The van der Waals surface area contributed by atoms with Gasteiger partial charge in [-0.1, -0.05) is 5.16 Å². The molecule has 1 unspecified atom stereocenters. The van der Waals surface area contributed by atoms with Crippen molar-refractivity contribution in [3.63, 3.8) is 0 Å². The van der Waals surface area contributed by atoms with Gasteiger partial charge in [-0.05, 0) is 19.3 Å². The molecule has 3 rings (SSSR count). The van der Waals surface area contributed by atoms with Crippen LogP contribution in [0.15, 0.2) is 10.6 Å². The van der Waals surface area contributed by atoms with Crippen LogP contribution in [0, 0.1) is 0 Å². The molecule has 1 atom stereocenters. The van der Waals surface area contributed by atoms with Gasteiger partial charge in [0.15, 0.2) is 5.69 Å². The molecule has 1 saturated carbocycles. The van der Waals surface area contributed by atoms with Crippen molar-refractivity contribution in [2.24, 2.45) is 0 Å². The molecular formula is C12H17N3O4S. The van der Waals surface area contributed by atoms with Crippen molar-refractivity contribution in [1.29, 1.82) is 0 Å². The van der Waals surface area contributed by atoms with E-state index >= 15 is 0 Å². The number of hydrogen-bond donors (Lipinski definition) is 1. The second kappa shape index (κ2) is 4.85. The van der Waals surface area contributed by atoms with Crippen LogP contribution in [0.1, 0.15) is 41.4 Å². The van der Waals surface area contributed by atoms with Crippen molar-refractivity contribution in [3.05, 3.63) is 17.5 Å². The van der Waals surface area contributed by atoms with E-state index in [9.17, 15) is 13.2 Å². The molecule has 1 aromatic rings. The third-order valence-corrected chi connectivity index (χ3v) is 4.97. The maximum Gasteiger partial charge on any atom is 0.273 e. The number of carbonyl (C=O) groups excluding carboxylic acids is 1. The van der Waals surface area contributed by atoms with E-state index in [1.807, 2.05) is 0 Å². The number of nitrogens with zero attached hydrogens (tertiary/aromatic N) is 2. The minimum absolute atomic E-state index is 0.168. The molecule has 0 bridgehead atoms. The number of hydrogen-bond acceptors (Lipinski definition) is 5. The van der Waals surface area contributed by atoms with Crippen molar-refractivity contribution in [1.82, 2.24) is 14.8 Å². The van der Waals surface area contributed by atoms with E-state index in [4.69, 9.17) is 4.52 Å². The highest BCUT2D eigenvalue weighted by Crippen LogP contribution is 2.40. The van der Waals surface area contributed by atoms with Crippen LogP contribution in [0.3, 0.4) is 0 Å². The first-order valence-electron chi connectivity index (χ1n) is 6.66. The lowest BCUT2D eigenvalue weighted by molar-refractivity contribution is 0.0929. The summed E-state index contributed by atoms with van der Waals surface area (Å²) in [6.45, 7) is 0.758. The molecule has 20 heavy (non-hydrogen) atoms. The first-order valence-corrected chi connectivity index (χ1v) is 8.51. The molecule has 2 heterocycles. The van der Waals surface area contributed by atoms with Crippen LogP contribution in [-0.2, 0) is 10.0 Å². The molecule has 1 amide bonds. The van der Waals surface area contributed by atoms with E-state index in [1.165, 1.54) is 10.6 Å². The molecule has 0 aromatic carbocycles. The SMILES string of the molecule is CS(=O)(=O)N1CCC(NC(=O)c2cc(C3CC3)on2)C1. The van der Waals surface area contributed by atoms with Gasteiger partial charge in [-0.25, -0.2) is 12.7 Å². The first kappa shape index (κ1) is 13.6. The second-order valence-electron chi connectivity index (χ2n) is 5.47. The molecule has 1 aliphatic carbocycles. The molecule has 2 fully saturated rings. The zero-order valence-electron chi connectivity index (χ0n) is 11.2. The Bertz CT molecular complexity index is 620. The van der Waals surface area contributed by atoms with Crippen LogP contribution in [0.2, 0.25) is 0 Å². The van der Waals surface area contributed by atoms with Crippen LogP contribution in [0.5, 0.6) is 0 Å². The summed E-state index contributed by atoms with van der Waals surface area (Å²) in [4.78, 5) is 12.0. The lowest BCUT2D eigenvalue weighted by Crippen LogP contribution is -2.38. The van der Waals surface area contributed by atoms with Crippen molar-refractivity contribution >= 4 is 15.9 Å². The Morgan fingerprint density at radius 1 is 1.45 bits per heavy atom.